The fourth-order valence-electron chi connectivity index (χ4n) is 0.980. The Balaban J connectivity index is 2.53. The fraction of sp³-hybridized carbons (Fsp3) is 0. The Morgan fingerprint density at radius 1 is 1.45 bits per heavy atom. The monoisotopic (exact) mass is 144 g/mol. The standard InChI is InChI=1S/C8H4N2O/c11-6-10-8-4-2-1-3-7(8)5-9-10/h1-4H/q+1. The number of hydrogen-bond acceptors (Lipinski definition) is 2. The van der Waals surface area contributed by atoms with Gasteiger partial charge in [0.05, 0.1) is 5.56 Å². The molecule has 0 saturated heterocycles. The third kappa shape index (κ3) is 0.816. The average molecular weight is 144 g/mol. The topological polar surface area (TPSA) is 34.4 Å². The highest BCUT2D eigenvalue weighted by molar-refractivity contribution is 5.96. The SMILES string of the molecule is O=[C]N1[N+]=[C]c2ccccc21. The van der Waals surface area contributed by atoms with Gasteiger partial charge in [-0.25, -0.2) is 0 Å². The van der Waals surface area contributed by atoms with Gasteiger partial charge in [-0.2, -0.15) is 0 Å². The Hall–Kier alpha value is -1.64. The fourth-order valence-corrected chi connectivity index (χ4v) is 0.980. The number of benzene rings is 1. The first-order valence-corrected chi connectivity index (χ1v) is 3.15. The van der Waals surface area contributed by atoms with E-state index in [1.54, 1.807) is 12.5 Å². The van der Waals surface area contributed by atoms with E-state index in [1.807, 2.05) is 18.2 Å². The molecule has 3 nitrogen and oxygen atoms in total. The van der Waals surface area contributed by atoms with Crippen LogP contribution in [0.5, 0.6) is 0 Å². The molecule has 0 N–H and O–H groups in total. The second kappa shape index (κ2) is 2.20. The minimum Gasteiger partial charge on any atom is -0.256 e. The molecule has 0 bridgehead atoms. The van der Waals surface area contributed by atoms with Crippen LogP contribution in [0.1, 0.15) is 5.56 Å². The van der Waals surface area contributed by atoms with Crippen LogP contribution >= 0.6 is 0 Å². The van der Waals surface area contributed by atoms with E-state index >= 15 is 0 Å². The first-order valence-electron chi connectivity index (χ1n) is 3.15. The van der Waals surface area contributed by atoms with E-state index in [2.05, 4.69) is 11.3 Å². The van der Waals surface area contributed by atoms with Crippen molar-refractivity contribution in [2.24, 2.45) is 0 Å². The van der Waals surface area contributed by atoms with E-state index in [0.29, 0.717) is 0 Å². The molecule has 1 heterocycles. The smallest absolute Gasteiger partial charge is 0.256 e. The molecule has 1 aromatic rings. The van der Waals surface area contributed by atoms with Crippen molar-refractivity contribution in [1.82, 2.24) is 5.10 Å². The molecule has 0 fully saturated rings. The highest BCUT2D eigenvalue weighted by Crippen LogP contribution is 2.18. The van der Waals surface area contributed by atoms with Crippen molar-refractivity contribution in [3.63, 3.8) is 0 Å². The van der Waals surface area contributed by atoms with Gasteiger partial charge in [0, 0.05) is 0 Å². The first kappa shape index (κ1) is 6.09. The Labute approximate surface area is 63.9 Å². The summed E-state index contributed by atoms with van der Waals surface area (Å²) in [6.07, 6.45) is 4.36. The van der Waals surface area contributed by atoms with E-state index < -0.39 is 0 Å². The van der Waals surface area contributed by atoms with Crippen LogP contribution in [0.2, 0.25) is 0 Å². The zero-order valence-corrected chi connectivity index (χ0v) is 5.61. The van der Waals surface area contributed by atoms with Gasteiger partial charge in [0.15, 0.2) is 5.10 Å². The van der Waals surface area contributed by atoms with E-state index in [1.165, 1.54) is 0 Å². The van der Waals surface area contributed by atoms with E-state index in [0.717, 1.165) is 16.3 Å². The van der Waals surface area contributed by atoms with Crippen molar-refractivity contribution in [1.29, 1.82) is 0 Å². The number of para-hydroxylation sites is 1. The summed E-state index contributed by atoms with van der Waals surface area (Å²) in [6.45, 7) is 0. The Morgan fingerprint density at radius 2 is 2.27 bits per heavy atom. The molecule has 11 heavy (non-hydrogen) atoms. The molecular weight excluding hydrogens is 140 g/mol. The number of hydrogen-bond donors (Lipinski definition) is 0. The summed E-state index contributed by atoms with van der Waals surface area (Å²) in [5, 5.41) is 4.82. The zero-order chi connectivity index (χ0) is 7.68. The number of carbonyl (C=O) groups excluding carboxylic acids is 1. The second-order valence-electron chi connectivity index (χ2n) is 2.13. The highest BCUT2D eigenvalue weighted by atomic mass is 16.1. The Bertz CT molecular complexity index is 320. The summed E-state index contributed by atoms with van der Waals surface area (Å²) < 4.78 is 0. The van der Waals surface area contributed by atoms with Crippen molar-refractivity contribution in [2.75, 3.05) is 5.01 Å². The summed E-state index contributed by atoms with van der Waals surface area (Å²) >= 11 is 0. The molecule has 3 heteroatoms. The van der Waals surface area contributed by atoms with Crippen LogP contribution in [-0.2, 0) is 4.79 Å². The highest BCUT2D eigenvalue weighted by Gasteiger charge is 2.27. The maximum atomic E-state index is 10.2. The van der Waals surface area contributed by atoms with Gasteiger partial charge in [-0.3, -0.25) is 4.79 Å². The number of hydrazone groups is 1. The van der Waals surface area contributed by atoms with E-state index in [9.17, 15) is 4.79 Å². The van der Waals surface area contributed by atoms with Crippen LogP contribution in [0.15, 0.2) is 24.3 Å². The molecular formula is C8H4N2O+. The summed E-state index contributed by atoms with van der Waals surface area (Å²) in [4.78, 5) is 10.2. The van der Waals surface area contributed by atoms with E-state index in [-0.39, 0.29) is 0 Å². The average Bonchev–Trinajstić information content (AvgIpc) is 2.47. The normalized spacial score (nSPS) is 13.3. The minimum atomic E-state index is 0.738. The van der Waals surface area contributed by atoms with Crippen molar-refractivity contribution >= 4 is 18.3 Å². The van der Waals surface area contributed by atoms with Gasteiger partial charge in [-0.1, -0.05) is 12.1 Å². The van der Waals surface area contributed by atoms with Crippen molar-refractivity contribution < 1.29 is 4.79 Å². The number of anilines is 1. The van der Waals surface area contributed by atoms with Gasteiger partial charge < -0.3 is 0 Å². The molecule has 0 aliphatic carbocycles. The molecule has 1 amide bonds. The lowest BCUT2D eigenvalue weighted by molar-refractivity contribution is 0.550. The molecule has 2 rings (SSSR count). The number of nitrogens with zero attached hydrogens (tertiary/aromatic N) is 2. The molecule has 51 valence electrons. The molecule has 0 unspecified atom stereocenters. The van der Waals surface area contributed by atoms with Gasteiger partial charge in [0.2, 0.25) is 0 Å². The minimum absolute atomic E-state index is 0.738. The van der Waals surface area contributed by atoms with Gasteiger partial charge in [0.25, 0.3) is 0 Å². The van der Waals surface area contributed by atoms with Gasteiger partial charge in [0.1, 0.15) is 5.69 Å². The van der Waals surface area contributed by atoms with Crippen molar-refractivity contribution in [3.05, 3.63) is 29.8 Å². The molecule has 1 aliphatic heterocycles. The van der Waals surface area contributed by atoms with Crippen molar-refractivity contribution in [3.8, 4) is 0 Å². The molecule has 1 aliphatic rings. The lowest BCUT2D eigenvalue weighted by Gasteiger charge is -1.92. The number of rotatable bonds is 1. The molecule has 0 atom stereocenters. The summed E-state index contributed by atoms with van der Waals surface area (Å²) in [6, 6.07) is 7.35. The van der Waals surface area contributed by atoms with Crippen LogP contribution in [0.4, 0.5) is 5.69 Å². The summed E-state index contributed by atoms with van der Waals surface area (Å²) in [5.41, 5.74) is 1.57. The zero-order valence-electron chi connectivity index (χ0n) is 5.61. The molecule has 0 aromatic heterocycles. The lowest BCUT2D eigenvalue weighted by Crippen LogP contribution is -2.18. The second-order valence-corrected chi connectivity index (χ2v) is 2.13. The molecule has 1 aromatic carbocycles. The first-order chi connectivity index (χ1) is 5.42. The molecule has 0 saturated carbocycles. The largest absolute Gasteiger partial charge is 0.401 e. The Kier molecular flexibility index (Phi) is 1.22. The van der Waals surface area contributed by atoms with Crippen LogP contribution in [0.3, 0.4) is 0 Å². The van der Waals surface area contributed by atoms with Gasteiger partial charge >= 0.3 is 12.6 Å². The van der Waals surface area contributed by atoms with Gasteiger partial charge in [-0.05, 0) is 17.1 Å². The maximum Gasteiger partial charge on any atom is 0.401 e. The molecule has 0 spiro atoms. The Morgan fingerprint density at radius 3 is 3.09 bits per heavy atom. The van der Waals surface area contributed by atoms with Crippen LogP contribution in [-0.4, -0.2) is 12.6 Å². The van der Waals surface area contributed by atoms with Crippen LogP contribution < -0.4 is 10.1 Å². The lowest BCUT2D eigenvalue weighted by atomic mass is 10.2. The third-order valence-corrected chi connectivity index (χ3v) is 1.49. The summed E-state index contributed by atoms with van der Waals surface area (Å²) in [5.74, 6) is 0. The number of fused-ring (bicyclic) bond motifs is 1. The van der Waals surface area contributed by atoms with Crippen LogP contribution in [0.25, 0.3) is 0 Å². The quantitative estimate of drug-likeness (QED) is 0.551. The van der Waals surface area contributed by atoms with Crippen molar-refractivity contribution in [2.45, 2.75) is 0 Å². The predicted octanol–water partition coefficient (Wildman–Crippen LogP) is 0.120. The van der Waals surface area contributed by atoms with Gasteiger partial charge in [-0.15, -0.1) is 0 Å². The van der Waals surface area contributed by atoms with Crippen LogP contribution in [0, 0.1) is 0 Å². The predicted molar refractivity (Wildman–Crippen MR) is 40.9 cm³/mol. The molecule has 3 radical (unpaired) electrons. The number of amides is 1. The maximum absolute atomic E-state index is 10.2. The van der Waals surface area contributed by atoms with E-state index in [4.69, 9.17) is 0 Å². The summed E-state index contributed by atoms with van der Waals surface area (Å²) in [7, 11) is 0. The third-order valence-electron chi connectivity index (χ3n) is 1.49.